The fourth-order valence-corrected chi connectivity index (χ4v) is 0.556. The van der Waals surface area contributed by atoms with Crippen molar-refractivity contribution in [2.45, 2.75) is 19.9 Å². The molecular weight excluding hydrogens is 132 g/mol. The van der Waals surface area contributed by atoms with Crippen LogP contribution in [0.5, 0.6) is 0 Å². The standard InChI is InChI=1S/C5H8N4O/c1-4(2)9-3-6-5(7-9)8-10/h3-4H,1-2H3. The van der Waals surface area contributed by atoms with Crippen LogP contribution >= 0.6 is 0 Å². The summed E-state index contributed by atoms with van der Waals surface area (Å²) < 4.78 is 1.58. The molecule has 1 aromatic rings. The topological polar surface area (TPSA) is 60.1 Å². The summed E-state index contributed by atoms with van der Waals surface area (Å²) >= 11 is 0. The molecule has 0 saturated carbocycles. The van der Waals surface area contributed by atoms with Gasteiger partial charge in [0.25, 0.3) is 0 Å². The molecule has 0 aromatic carbocycles. The lowest BCUT2D eigenvalue weighted by Crippen LogP contribution is -1.99. The highest BCUT2D eigenvalue weighted by Crippen LogP contribution is 2.05. The highest BCUT2D eigenvalue weighted by Gasteiger charge is 2.01. The summed E-state index contributed by atoms with van der Waals surface area (Å²) in [5.41, 5.74) is 0. The van der Waals surface area contributed by atoms with Crippen molar-refractivity contribution in [3.05, 3.63) is 11.2 Å². The van der Waals surface area contributed by atoms with E-state index in [4.69, 9.17) is 0 Å². The van der Waals surface area contributed by atoms with Gasteiger partial charge in [-0.3, -0.25) is 0 Å². The second-order valence-corrected chi connectivity index (χ2v) is 2.21. The van der Waals surface area contributed by atoms with Gasteiger partial charge in [0.2, 0.25) is 0 Å². The maximum atomic E-state index is 9.85. The van der Waals surface area contributed by atoms with Gasteiger partial charge in [0.15, 0.2) is 0 Å². The number of rotatable bonds is 2. The number of hydrogen-bond donors (Lipinski definition) is 0. The SMILES string of the molecule is CC(C)n1cnc(N=O)n1. The number of hydrogen-bond acceptors (Lipinski definition) is 4. The minimum atomic E-state index is -0.00583. The quantitative estimate of drug-likeness (QED) is 0.581. The van der Waals surface area contributed by atoms with Crippen LogP contribution in [-0.4, -0.2) is 14.8 Å². The summed E-state index contributed by atoms with van der Waals surface area (Å²) in [6.45, 7) is 3.90. The van der Waals surface area contributed by atoms with Crippen LogP contribution in [0.2, 0.25) is 0 Å². The molecule has 0 aliphatic heterocycles. The van der Waals surface area contributed by atoms with E-state index in [9.17, 15) is 4.91 Å². The Morgan fingerprint density at radius 3 is 2.70 bits per heavy atom. The van der Waals surface area contributed by atoms with Gasteiger partial charge in [-0.1, -0.05) is 0 Å². The molecule has 0 radical (unpaired) electrons. The third-order valence-electron chi connectivity index (χ3n) is 1.11. The highest BCUT2D eigenvalue weighted by atomic mass is 16.3. The molecule has 0 aliphatic rings. The van der Waals surface area contributed by atoms with Gasteiger partial charge >= 0.3 is 5.95 Å². The molecule has 0 atom stereocenters. The van der Waals surface area contributed by atoms with Gasteiger partial charge in [-0.15, -0.1) is 10.0 Å². The van der Waals surface area contributed by atoms with Crippen LogP contribution in [0.4, 0.5) is 5.95 Å². The lowest BCUT2D eigenvalue weighted by Gasteiger charge is -2.00. The Balaban J connectivity index is 2.88. The summed E-state index contributed by atoms with van der Waals surface area (Å²) in [6.07, 6.45) is 1.49. The Bertz CT molecular complexity index is 229. The van der Waals surface area contributed by atoms with Crippen molar-refractivity contribution >= 4 is 5.95 Å². The van der Waals surface area contributed by atoms with Crippen molar-refractivity contribution in [3.63, 3.8) is 0 Å². The molecule has 0 saturated heterocycles. The molecule has 0 aliphatic carbocycles. The van der Waals surface area contributed by atoms with Gasteiger partial charge in [-0.05, 0) is 13.8 Å². The molecule has 0 amide bonds. The molecule has 0 N–H and O–H groups in total. The van der Waals surface area contributed by atoms with Crippen molar-refractivity contribution in [1.29, 1.82) is 0 Å². The predicted octanol–water partition coefficient (Wildman–Crippen LogP) is 1.26. The van der Waals surface area contributed by atoms with Gasteiger partial charge in [0, 0.05) is 11.2 Å². The van der Waals surface area contributed by atoms with Crippen LogP contribution in [0.3, 0.4) is 0 Å². The molecule has 1 heterocycles. The van der Waals surface area contributed by atoms with E-state index >= 15 is 0 Å². The molecule has 0 bridgehead atoms. The molecular formula is C5H8N4O. The number of nitrogens with zero attached hydrogens (tertiary/aromatic N) is 4. The number of aromatic nitrogens is 3. The zero-order valence-corrected chi connectivity index (χ0v) is 5.85. The first-order valence-corrected chi connectivity index (χ1v) is 2.98. The maximum Gasteiger partial charge on any atom is 0.309 e. The molecule has 5 nitrogen and oxygen atoms in total. The minimum Gasteiger partial charge on any atom is -0.248 e. The Morgan fingerprint density at radius 1 is 1.70 bits per heavy atom. The average Bonchev–Trinajstić information content (AvgIpc) is 2.34. The third kappa shape index (κ3) is 1.18. The first-order valence-electron chi connectivity index (χ1n) is 2.98. The van der Waals surface area contributed by atoms with Crippen LogP contribution in [0.15, 0.2) is 11.5 Å². The van der Waals surface area contributed by atoms with Gasteiger partial charge in [0.05, 0.1) is 0 Å². The van der Waals surface area contributed by atoms with E-state index in [0.717, 1.165) is 0 Å². The van der Waals surface area contributed by atoms with E-state index in [1.165, 1.54) is 6.33 Å². The fourth-order valence-electron chi connectivity index (χ4n) is 0.556. The Hall–Kier alpha value is -1.26. The zero-order chi connectivity index (χ0) is 7.56. The van der Waals surface area contributed by atoms with Gasteiger partial charge in [-0.2, -0.15) is 4.98 Å². The largest absolute Gasteiger partial charge is 0.309 e. The predicted molar refractivity (Wildman–Crippen MR) is 35.9 cm³/mol. The summed E-state index contributed by atoms with van der Waals surface area (Å²) in [5, 5.41) is 6.34. The first-order chi connectivity index (χ1) is 4.74. The molecule has 0 unspecified atom stereocenters. The van der Waals surface area contributed by atoms with Crippen LogP contribution in [-0.2, 0) is 0 Å². The van der Waals surface area contributed by atoms with Crippen molar-refractivity contribution < 1.29 is 0 Å². The van der Waals surface area contributed by atoms with Crippen LogP contribution < -0.4 is 0 Å². The Labute approximate surface area is 58.0 Å². The molecule has 5 heteroatoms. The molecule has 1 aromatic heterocycles. The average molecular weight is 140 g/mol. The smallest absolute Gasteiger partial charge is 0.248 e. The van der Waals surface area contributed by atoms with E-state index in [0.29, 0.717) is 0 Å². The summed E-state index contributed by atoms with van der Waals surface area (Å²) in [4.78, 5) is 13.5. The van der Waals surface area contributed by atoms with E-state index < -0.39 is 0 Å². The highest BCUT2D eigenvalue weighted by molar-refractivity contribution is 5.08. The monoisotopic (exact) mass is 140 g/mol. The second-order valence-electron chi connectivity index (χ2n) is 2.21. The van der Waals surface area contributed by atoms with Crippen molar-refractivity contribution in [1.82, 2.24) is 14.8 Å². The minimum absolute atomic E-state index is 0.00583. The van der Waals surface area contributed by atoms with E-state index in [2.05, 4.69) is 15.3 Å². The maximum absolute atomic E-state index is 9.85. The third-order valence-corrected chi connectivity index (χ3v) is 1.11. The van der Waals surface area contributed by atoms with Crippen molar-refractivity contribution in [2.75, 3.05) is 0 Å². The summed E-state index contributed by atoms with van der Waals surface area (Å²) in [6, 6.07) is 0.225. The van der Waals surface area contributed by atoms with Crippen molar-refractivity contribution in [2.24, 2.45) is 5.18 Å². The molecule has 0 spiro atoms. The lowest BCUT2D eigenvalue weighted by molar-refractivity contribution is 0.532. The molecule has 1 rings (SSSR count). The Morgan fingerprint density at radius 2 is 2.40 bits per heavy atom. The van der Waals surface area contributed by atoms with Crippen molar-refractivity contribution in [3.8, 4) is 0 Å². The first kappa shape index (κ1) is 6.85. The van der Waals surface area contributed by atoms with Gasteiger partial charge in [-0.25, -0.2) is 4.68 Å². The second kappa shape index (κ2) is 2.55. The van der Waals surface area contributed by atoms with E-state index in [-0.39, 0.29) is 12.0 Å². The van der Waals surface area contributed by atoms with E-state index in [1.807, 2.05) is 13.8 Å². The molecule has 0 fully saturated rings. The summed E-state index contributed by atoms with van der Waals surface area (Å²) in [7, 11) is 0. The number of nitroso groups, excluding NO2 is 1. The summed E-state index contributed by atoms with van der Waals surface area (Å²) in [5.74, 6) is -0.00583. The van der Waals surface area contributed by atoms with Crippen LogP contribution in [0.25, 0.3) is 0 Å². The zero-order valence-electron chi connectivity index (χ0n) is 5.85. The lowest BCUT2D eigenvalue weighted by atomic mass is 10.4. The van der Waals surface area contributed by atoms with Gasteiger partial charge in [0.1, 0.15) is 6.33 Å². The molecule has 10 heavy (non-hydrogen) atoms. The Kier molecular flexibility index (Phi) is 1.75. The normalized spacial score (nSPS) is 10.3. The van der Waals surface area contributed by atoms with E-state index in [1.54, 1.807) is 4.68 Å². The van der Waals surface area contributed by atoms with Crippen LogP contribution in [0, 0.1) is 4.91 Å². The fraction of sp³-hybridized carbons (Fsp3) is 0.600. The van der Waals surface area contributed by atoms with Crippen LogP contribution in [0.1, 0.15) is 19.9 Å². The molecule has 54 valence electrons. The van der Waals surface area contributed by atoms with Gasteiger partial charge < -0.3 is 0 Å².